The van der Waals surface area contributed by atoms with Gasteiger partial charge in [0.05, 0.1) is 0 Å². The predicted octanol–water partition coefficient (Wildman–Crippen LogP) is 5.50. The third kappa shape index (κ3) is 3.87. The van der Waals surface area contributed by atoms with Crippen molar-refractivity contribution in [2.45, 2.75) is 74.7 Å². The SMILES string of the molecule is CCC(F)(Br)C(C)(C)OC(C)(C)C(F)(Br)CC. The smallest absolute Gasteiger partial charge is 0.192 e. The van der Waals surface area contributed by atoms with Crippen LogP contribution in [0.5, 0.6) is 0 Å². The topological polar surface area (TPSA) is 9.23 Å². The first kappa shape index (κ1) is 17.8. The summed E-state index contributed by atoms with van der Waals surface area (Å²) in [7, 11) is 0. The van der Waals surface area contributed by atoms with E-state index in [9.17, 15) is 8.78 Å². The molecule has 0 spiro atoms. The fraction of sp³-hybridized carbons (Fsp3) is 1.00. The number of hydrogen-bond acceptors (Lipinski definition) is 1. The molecule has 0 rings (SSSR count). The Balaban J connectivity index is 5.07. The molecular weight excluding hydrogens is 358 g/mol. The van der Waals surface area contributed by atoms with Crippen LogP contribution in [0.1, 0.15) is 54.4 Å². The van der Waals surface area contributed by atoms with Crippen molar-refractivity contribution in [2.75, 3.05) is 0 Å². The quantitative estimate of drug-likeness (QED) is 0.553. The summed E-state index contributed by atoms with van der Waals surface area (Å²) in [5.41, 5.74) is -2.27. The second-order valence-corrected chi connectivity index (χ2v) is 7.75. The van der Waals surface area contributed by atoms with Gasteiger partial charge in [0.2, 0.25) is 0 Å². The molecule has 0 aliphatic carbocycles. The Morgan fingerprint density at radius 3 is 1.24 bits per heavy atom. The van der Waals surface area contributed by atoms with Gasteiger partial charge in [0, 0.05) is 0 Å². The van der Waals surface area contributed by atoms with Gasteiger partial charge in [-0.2, -0.15) is 0 Å². The normalized spacial score (nSPS) is 20.8. The van der Waals surface area contributed by atoms with E-state index in [2.05, 4.69) is 31.9 Å². The van der Waals surface area contributed by atoms with E-state index in [1.54, 1.807) is 41.5 Å². The summed E-state index contributed by atoms with van der Waals surface area (Å²) in [6.45, 7) is 9.89. The lowest BCUT2D eigenvalue weighted by atomic mass is 9.95. The molecule has 104 valence electrons. The Labute approximate surface area is 120 Å². The minimum atomic E-state index is -1.69. The van der Waals surface area contributed by atoms with Crippen LogP contribution in [0.3, 0.4) is 0 Å². The average molecular weight is 380 g/mol. The molecular formula is C12H22Br2F2O. The van der Waals surface area contributed by atoms with Crippen LogP contribution in [0.25, 0.3) is 0 Å². The molecule has 0 aromatic heterocycles. The van der Waals surface area contributed by atoms with Crippen molar-refractivity contribution >= 4 is 31.9 Å². The molecule has 1 nitrogen and oxygen atoms in total. The van der Waals surface area contributed by atoms with Crippen LogP contribution in [0.2, 0.25) is 0 Å². The molecule has 0 amide bonds. The highest BCUT2D eigenvalue weighted by molar-refractivity contribution is 9.10. The van der Waals surface area contributed by atoms with Crippen LogP contribution in [-0.2, 0) is 4.74 Å². The number of alkyl halides is 4. The van der Waals surface area contributed by atoms with Crippen LogP contribution in [0.15, 0.2) is 0 Å². The number of hydrogen-bond donors (Lipinski definition) is 0. The molecule has 2 unspecified atom stereocenters. The second kappa shape index (κ2) is 5.41. The lowest BCUT2D eigenvalue weighted by molar-refractivity contribution is -0.192. The zero-order valence-electron chi connectivity index (χ0n) is 11.3. The molecule has 0 N–H and O–H groups in total. The van der Waals surface area contributed by atoms with Crippen molar-refractivity contribution in [1.29, 1.82) is 0 Å². The fourth-order valence-electron chi connectivity index (χ4n) is 1.64. The minimum absolute atomic E-state index is 0.240. The molecule has 0 aliphatic heterocycles. The first-order valence-corrected chi connectivity index (χ1v) is 7.37. The summed E-state index contributed by atoms with van der Waals surface area (Å²) in [6, 6.07) is 0. The van der Waals surface area contributed by atoms with Crippen molar-refractivity contribution in [3.63, 3.8) is 0 Å². The molecule has 2 atom stereocenters. The fourth-order valence-corrected chi connectivity index (χ4v) is 1.80. The summed E-state index contributed by atoms with van der Waals surface area (Å²) < 4.78 is 30.9. The molecule has 0 saturated carbocycles. The van der Waals surface area contributed by atoms with Crippen LogP contribution < -0.4 is 0 Å². The highest BCUT2D eigenvalue weighted by Crippen LogP contribution is 2.46. The van der Waals surface area contributed by atoms with Gasteiger partial charge in [-0.3, -0.25) is 0 Å². The molecule has 0 radical (unpaired) electrons. The molecule has 0 saturated heterocycles. The Kier molecular flexibility index (Phi) is 5.66. The summed E-state index contributed by atoms with van der Waals surface area (Å²) >= 11 is 6.03. The van der Waals surface area contributed by atoms with Gasteiger partial charge in [-0.25, -0.2) is 8.78 Å². The van der Waals surface area contributed by atoms with Gasteiger partial charge < -0.3 is 4.74 Å². The second-order valence-electron chi connectivity index (χ2n) is 5.24. The van der Waals surface area contributed by atoms with Gasteiger partial charge in [0.1, 0.15) is 11.2 Å². The van der Waals surface area contributed by atoms with Crippen molar-refractivity contribution in [1.82, 2.24) is 0 Å². The molecule has 0 bridgehead atoms. The van der Waals surface area contributed by atoms with E-state index in [1.165, 1.54) is 0 Å². The Bertz CT molecular complexity index is 237. The van der Waals surface area contributed by atoms with Crippen LogP contribution in [0, 0.1) is 0 Å². The maximum Gasteiger partial charge on any atom is 0.192 e. The summed E-state index contributed by atoms with van der Waals surface area (Å²) in [5.74, 6) is 0. The average Bonchev–Trinajstić information content (AvgIpc) is 2.15. The number of halogens is 4. The van der Waals surface area contributed by atoms with Gasteiger partial charge in [0.25, 0.3) is 0 Å². The maximum atomic E-state index is 14.3. The zero-order valence-corrected chi connectivity index (χ0v) is 14.5. The molecule has 0 aromatic carbocycles. The largest absolute Gasteiger partial charge is 0.361 e. The van der Waals surface area contributed by atoms with Gasteiger partial charge in [-0.05, 0) is 72.4 Å². The molecule has 0 aliphatic rings. The summed E-state index contributed by atoms with van der Waals surface area (Å²) in [6.07, 6.45) is 0.480. The van der Waals surface area contributed by atoms with Gasteiger partial charge in [-0.1, -0.05) is 13.8 Å². The lowest BCUT2D eigenvalue weighted by Gasteiger charge is -2.45. The number of ether oxygens (including phenoxy) is 1. The standard InChI is InChI=1S/C12H22Br2F2O/c1-7-11(13,15)9(3,4)17-10(5,6)12(14,16)8-2/h7-8H2,1-6H3. The van der Waals surface area contributed by atoms with Crippen molar-refractivity contribution in [2.24, 2.45) is 0 Å². The number of rotatable bonds is 6. The third-order valence-corrected chi connectivity index (χ3v) is 6.19. The van der Waals surface area contributed by atoms with Gasteiger partial charge in [0.15, 0.2) is 9.16 Å². The Morgan fingerprint density at radius 1 is 0.824 bits per heavy atom. The maximum absolute atomic E-state index is 14.3. The van der Waals surface area contributed by atoms with Crippen LogP contribution >= 0.6 is 31.9 Å². The van der Waals surface area contributed by atoms with Crippen molar-refractivity contribution < 1.29 is 13.5 Å². The minimum Gasteiger partial charge on any atom is -0.361 e. The van der Waals surface area contributed by atoms with Crippen molar-refractivity contribution in [3.05, 3.63) is 0 Å². The van der Waals surface area contributed by atoms with Crippen molar-refractivity contribution in [3.8, 4) is 0 Å². The third-order valence-electron chi connectivity index (χ3n) is 3.16. The predicted molar refractivity (Wildman–Crippen MR) is 75.4 cm³/mol. The van der Waals surface area contributed by atoms with E-state index < -0.39 is 20.4 Å². The van der Waals surface area contributed by atoms with E-state index >= 15 is 0 Å². The first-order chi connectivity index (χ1) is 7.33. The first-order valence-electron chi connectivity index (χ1n) is 5.79. The highest BCUT2D eigenvalue weighted by atomic mass is 79.9. The van der Waals surface area contributed by atoms with Gasteiger partial charge in [-0.15, -0.1) is 0 Å². The van der Waals surface area contributed by atoms with Crippen LogP contribution in [0.4, 0.5) is 8.78 Å². The van der Waals surface area contributed by atoms with E-state index in [0.29, 0.717) is 0 Å². The van der Waals surface area contributed by atoms with E-state index in [-0.39, 0.29) is 12.8 Å². The summed E-state index contributed by atoms with van der Waals surface area (Å²) in [5, 5.41) is 0. The van der Waals surface area contributed by atoms with Crippen LogP contribution in [-0.4, -0.2) is 20.4 Å². The van der Waals surface area contributed by atoms with Gasteiger partial charge >= 0.3 is 0 Å². The Morgan fingerprint density at radius 2 is 1.06 bits per heavy atom. The molecule has 0 aromatic rings. The monoisotopic (exact) mass is 378 g/mol. The molecule has 0 heterocycles. The zero-order chi connectivity index (χ0) is 14.1. The van der Waals surface area contributed by atoms with E-state index in [0.717, 1.165) is 0 Å². The van der Waals surface area contributed by atoms with E-state index in [1.807, 2.05) is 0 Å². The Hall–Kier alpha value is 0.780. The summed E-state index contributed by atoms with van der Waals surface area (Å²) in [4.78, 5) is 0. The highest BCUT2D eigenvalue weighted by Gasteiger charge is 2.52. The van der Waals surface area contributed by atoms with E-state index in [4.69, 9.17) is 4.74 Å². The molecule has 17 heavy (non-hydrogen) atoms. The molecule has 5 heteroatoms. The molecule has 0 fully saturated rings. The lowest BCUT2D eigenvalue weighted by Crippen LogP contribution is -2.54.